The van der Waals surface area contributed by atoms with Gasteiger partial charge < -0.3 is 10.1 Å². The predicted octanol–water partition coefficient (Wildman–Crippen LogP) is 3.81. The molecule has 3 heterocycles. The highest BCUT2D eigenvalue weighted by atomic mass is 32.2. The summed E-state index contributed by atoms with van der Waals surface area (Å²) in [6.45, 7) is 5.28. The van der Waals surface area contributed by atoms with Crippen molar-refractivity contribution in [2.24, 2.45) is 5.92 Å². The van der Waals surface area contributed by atoms with Crippen molar-refractivity contribution in [2.75, 3.05) is 16.8 Å². The van der Waals surface area contributed by atoms with Gasteiger partial charge in [0.1, 0.15) is 17.6 Å². The van der Waals surface area contributed by atoms with E-state index in [0.29, 0.717) is 21.2 Å². The maximum Gasteiger partial charge on any atom is 0.338 e. The highest BCUT2D eigenvalue weighted by molar-refractivity contribution is 8.00. The number of thioether (sulfide) groups is 1. The van der Waals surface area contributed by atoms with E-state index in [0.717, 1.165) is 28.0 Å². The number of anilines is 2. The van der Waals surface area contributed by atoms with Gasteiger partial charge in [-0.2, -0.15) is 0 Å². The number of hydrogen-bond donors (Lipinski definition) is 1. The zero-order chi connectivity index (χ0) is 28.1. The molecule has 0 saturated carbocycles. The smallest absolute Gasteiger partial charge is 0.338 e. The number of ether oxygens (including phenoxy) is 1. The van der Waals surface area contributed by atoms with Gasteiger partial charge in [0.2, 0.25) is 17.7 Å². The van der Waals surface area contributed by atoms with E-state index in [1.165, 1.54) is 41.0 Å². The van der Waals surface area contributed by atoms with Gasteiger partial charge in [0.25, 0.3) is 0 Å². The molecule has 1 N–H and O–H groups in total. The van der Waals surface area contributed by atoms with Gasteiger partial charge in [-0.3, -0.25) is 23.7 Å². The molecular weight excluding hydrogens is 545 g/mol. The third-order valence-electron chi connectivity index (χ3n) is 6.77. The number of halogens is 1. The molecule has 0 radical (unpaired) electrons. The van der Waals surface area contributed by atoms with E-state index in [1.54, 1.807) is 19.1 Å². The fourth-order valence-electron chi connectivity index (χ4n) is 4.86. The number of carbonyl (C=O) groups excluding carboxylic acids is 4. The Labute approximate surface area is 231 Å². The van der Waals surface area contributed by atoms with Crippen LogP contribution in [0.5, 0.6) is 0 Å². The van der Waals surface area contributed by atoms with E-state index < -0.39 is 46.1 Å². The number of nitrogens with zero attached hydrogens (tertiary/aromatic N) is 2. The van der Waals surface area contributed by atoms with Crippen LogP contribution >= 0.6 is 23.1 Å². The van der Waals surface area contributed by atoms with Crippen LogP contribution in [0.2, 0.25) is 0 Å². The molecule has 0 aliphatic carbocycles. The Balaban J connectivity index is 1.39. The summed E-state index contributed by atoms with van der Waals surface area (Å²) in [6.07, 6.45) is 0. The van der Waals surface area contributed by atoms with E-state index in [1.807, 2.05) is 13.8 Å². The monoisotopic (exact) mass is 569 g/mol. The third-order valence-corrected chi connectivity index (χ3v) is 9.59. The van der Waals surface area contributed by atoms with Gasteiger partial charge in [0, 0.05) is 16.0 Å². The minimum atomic E-state index is -0.860. The van der Waals surface area contributed by atoms with Crippen LogP contribution in [-0.4, -0.2) is 40.1 Å². The molecule has 2 aliphatic rings. The number of amides is 3. The second kappa shape index (κ2) is 10.1. The van der Waals surface area contributed by atoms with Crippen LogP contribution in [0.3, 0.4) is 0 Å². The van der Waals surface area contributed by atoms with Crippen molar-refractivity contribution >= 4 is 58.2 Å². The molecule has 0 spiro atoms. The fourth-order valence-corrected chi connectivity index (χ4v) is 7.90. The highest BCUT2D eigenvalue weighted by Crippen LogP contribution is 2.54. The topological polar surface area (TPSA) is 115 Å². The number of rotatable bonds is 6. The average Bonchev–Trinajstić information content (AvgIpc) is 3.34. The van der Waals surface area contributed by atoms with Gasteiger partial charge in [-0.05, 0) is 55.5 Å². The summed E-state index contributed by atoms with van der Waals surface area (Å²) in [7, 11) is 0. The minimum Gasteiger partial charge on any atom is -0.462 e. The van der Waals surface area contributed by atoms with E-state index >= 15 is 0 Å². The number of esters is 1. The van der Waals surface area contributed by atoms with Crippen LogP contribution in [0, 0.1) is 11.7 Å². The summed E-state index contributed by atoms with van der Waals surface area (Å²) in [5.41, 5.74) is 0.203. The summed E-state index contributed by atoms with van der Waals surface area (Å²) in [5.74, 6) is -3.01. The molecule has 0 bridgehead atoms. The molecule has 39 heavy (non-hydrogen) atoms. The van der Waals surface area contributed by atoms with Gasteiger partial charge in [-0.25, -0.2) is 14.1 Å². The maximum atomic E-state index is 13.5. The van der Waals surface area contributed by atoms with Crippen molar-refractivity contribution in [3.63, 3.8) is 0 Å². The molecule has 2 aliphatic heterocycles. The molecule has 9 nitrogen and oxygen atoms in total. The SMILES string of the molecule is CCOC(=O)c1ccc(NC(=O)Cn2c3c(sc2=O)C(C)(C)C2C(=O)N(c4ccc(F)cc4)C(=O)C2S3)cc1. The number of fused-ring (bicyclic) bond motifs is 2. The molecule has 202 valence electrons. The number of thiazole rings is 1. The highest BCUT2D eigenvalue weighted by Gasteiger charge is 2.59. The second-order valence-corrected chi connectivity index (χ2v) is 11.8. The number of imide groups is 1. The average molecular weight is 570 g/mol. The molecular formula is C27H24FN3O6S2. The first-order valence-electron chi connectivity index (χ1n) is 12.1. The largest absolute Gasteiger partial charge is 0.462 e. The minimum absolute atomic E-state index is 0.248. The normalized spacial score (nSPS) is 19.4. The maximum absolute atomic E-state index is 13.5. The van der Waals surface area contributed by atoms with Crippen LogP contribution in [0.4, 0.5) is 15.8 Å². The molecule has 2 unspecified atom stereocenters. The molecule has 2 atom stereocenters. The Hall–Kier alpha value is -3.77. The molecule has 5 rings (SSSR count). The number of aromatic nitrogens is 1. The Kier molecular flexibility index (Phi) is 6.93. The van der Waals surface area contributed by atoms with Crippen molar-refractivity contribution < 1.29 is 28.3 Å². The molecule has 1 saturated heterocycles. The van der Waals surface area contributed by atoms with Crippen LogP contribution in [0.15, 0.2) is 58.4 Å². The van der Waals surface area contributed by atoms with Gasteiger partial charge in [0.15, 0.2) is 0 Å². The standard InChI is InChI=1S/C27H24FN3O6S2/c1-4-37-25(35)14-5-9-16(10-6-14)29-18(32)13-30-24-21(39-26(30)36)27(2,3)19-20(38-24)23(34)31(22(19)33)17-11-7-15(28)8-12-17/h5-12,19-20H,4,13H2,1-3H3,(H,29,32). The lowest BCUT2D eigenvalue weighted by molar-refractivity contribution is -0.123. The Morgan fingerprint density at radius 1 is 1.03 bits per heavy atom. The van der Waals surface area contributed by atoms with Crippen LogP contribution in [0.1, 0.15) is 36.0 Å². The van der Waals surface area contributed by atoms with Crippen LogP contribution in [-0.2, 0) is 31.1 Å². The summed E-state index contributed by atoms with van der Waals surface area (Å²) < 4.78 is 19.7. The van der Waals surface area contributed by atoms with Gasteiger partial charge >= 0.3 is 10.8 Å². The van der Waals surface area contributed by atoms with Crippen LogP contribution in [0.25, 0.3) is 0 Å². The summed E-state index contributed by atoms with van der Waals surface area (Å²) in [4.78, 5) is 65.9. The van der Waals surface area contributed by atoms with E-state index in [-0.39, 0.29) is 23.7 Å². The number of nitrogens with one attached hydrogen (secondary N) is 1. The van der Waals surface area contributed by atoms with E-state index in [4.69, 9.17) is 4.74 Å². The molecule has 2 aromatic carbocycles. The molecule has 1 aromatic heterocycles. The van der Waals surface area contributed by atoms with Crippen molar-refractivity contribution in [3.05, 3.63) is 74.5 Å². The first kappa shape index (κ1) is 26.8. The number of benzene rings is 2. The number of carbonyl (C=O) groups is 4. The number of hydrogen-bond acceptors (Lipinski definition) is 8. The van der Waals surface area contributed by atoms with Gasteiger partial charge in [-0.1, -0.05) is 36.9 Å². The second-order valence-electron chi connectivity index (χ2n) is 9.66. The van der Waals surface area contributed by atoms with Crippen molar-refractivity contribution in [2.45, 2.75) is 43.0 Å². The van der Waals surface area contributed by atoms with Crippen molar-refractivity contribution in [1.29, 1.82) is 0 Å². The van der Waals surface area contributed by atoms with Crippen LogP contribution < -0.4 is 15.1 Å². The molecule has 3 aromatic rings. The first-order chi connectivity index (χ1) is 18.5. The fraction of sp³-hybridized carbons (Fsp3) is 0.296. The predicted molar refractivity (Wildman–Crippen MR) is 145 cm³/mol. The van der Waals surface area contributed by atoms with E-state index in [9.17, 15) is 28.4 Å². The van der Waals surface area contributed by atoms with Gasteiger partial charge in [-0.15, -0.1) is 0 Å². The van der Waals surface area contributed by atoms with Gasteiger partial charge in [0.05, 0.1) is 28.8 Å². The quantitative estimate of drug-likeness (QED) is 0.355. The summed E-state index contributed by atoms with van der Waals surface area (Å²) in [6, 6.07) is 11.3. The third kappa shape index (κ3) is 4.67. The van der Waals surface area contributed by atoms with E-state index in [2.05, 4.69) is 5.32 Å². The summed E-state index contributed by atoms with van der Waals surface area (Å²) >= 11 is 2.06. The zero-order valence-electron chi connectivity index (χ0n) is 21.2. The summed E-state index contributed by atoms with van der Waals surface area (Å²) in [5, 5.41) is 2.39. The zero-order valence-corrected chi connectivity index (χ0v) is 22.9. The Morgan fingerprint density at radius 3 is 2.33 bits per heavy atom. The lowest BCUT2D eigenvalue weighted by Gasteiger charge is -2.36. The molecule has 3 amide bonds. The Bertz CT molecular complexity index is 1540. The molecule has 1 fully saturated rings. The first-order valence-corrected chi connectivity index (χ1v) is 13.8. The Morgan fingerprint density at radius 2 is 1.69 bits per heavy atom. The van der Waals surface area contributed by atoms with Crippen molar-refractivity contribution in [3.8, 4) is 0 Å². The van der Waals surface area contributed by atoms with Crippen molar-refractivity contribution in [1.82, 2.24) is 4.57 Å². The molecule has 12 heteroatoms. The lowest BCUT2D eigenvalue weighted by Crippen LogP contribution is -2.41. The lowest BCUT2D eigenvalue weighted by atomic mass is 9.76.